The van der Waals surface area contributed by atoms with Gasteiger partial charge in [-0.25, -0.2) is 4.98 Å². The van der Waals surface area contributed by atoms with Gasteiger partial charge in [-0.3, -0.25) is 9.48 Å². The van der Waals surface area contributed by atoms with Crippen LogP contribution in [0.5, 0.6) is 5.88 Å². The minimum absolute atomic E-state index is 0.0513. The molecule has 1 unspecified atom stereocenters. The van der Waals surface area contributed by atoms with Crippen LogP contribution in [0.25, 0.3) is 0 Å². The number of hydrogen-bond acceptors (Lipinski definition) is 4. The zero-order chi connectivity index (χ0) is 22.3. The number of aryl methyl sites for hydroxylation is 4. The number of carboxylic acids is 1. The fourth-order valence-corrected chi connectivity index (χ4v) is 4.52. The molecule has 1 aliphatic rings. The first-order valence-electron chi connectivity index (χ1n) is 11.5. The molecule has 3 aromatic rings. The molecule has 6 heteroatoms. The molecule has 0 saturated carbocycles. The van der Waals surface area contributed by atoms with Crippen molar-refractivity contribution >= 4 is 5.97 Å². The molecule has 4 rings (SSSR count). The van der Waals surface area contributed by atoms with E-state index in [1.165, 1.54) is 48.8 Å². The van der Waals surface area contributed by atoms with Crippen molar-refractivity contribution in [2.24, 2.45) is 0 Å². The van der Waals surface area contributed by atoms with Gasteiger partial charge in [0.1, 0.15) is 0 Å². The van der Waals surface area contributed by atoms with E-state index in [0.717, 1.165) is 30.5 Å². The normalized spacial score (nSPS) is 14.4. The van der Waals surface area contributed by atoms with Gasteiger partial charge in [0.15, 0.2) is 0 Å². The van der Waals surface area contributed by atoms with Crippen molar-refractivity contribution in [2.75, 3.05) is 7.11 Å². The maximum Gasteiger partial charge on any atom is 0.305 e. The Bertz CT molecular complexity index is 1040. The third kappa shape index (κ3) is 5.55. The fourth-order valence-electron chi connectivity index (χ4n) is 4.52. The highest BCUT2D eigenvalue weighted by Crippen LogP contribution is 2.24. The molecule has 1 N–H and O–H groups in total. The van der Waals surface area contributed by atoms with E-state index in [1.807, 2.05) is 18.3 Å². The average molecular weight is 434 g/mol. The number of ether oxygens (including phenoxy) is 1. The summed E-state index contributed by atoms with van der Waals surface area (Å²) in [6.45, 7) is 0. The number of hydrogen-bond donors (Lipinski definition) is 1. The maximum absolute atomic E-state index is 11.5. The summed E-state index contributed by atoms with van der Waals surface area (Å²) in [5.74, 6) is -0.368. The number of rotatable bonds is 9. The Kier molecular flexibility index (Phi) is 7.20. The van der Waals surface area contributed by atoms with Gasteiger partial charge in [-0.2, -0.15) is 5.10 Å². The number of carbonyl (C=O) groups is 1. The first kappa shape index (κ1) is 22.1. The summed E-state index contributed by atoms with van der Waals surface area (Å²) in [7, 11) is 1.56. The smallest absolute Gasteiger partial charge is 0.305 e. The van der Waals surface area contributed by atoms with Gasteiger partial charge in [0.25, 0.3) is 0 Å². The first-order chi connectivity index (χ1) is 15.6. The van der Waals surface area contributed by atoms with E-state index in [9.17, 15) is 9.90 Å². The fraction of sp³-hybridized carbons (Fsp3) is 0.423. The number of methoxy groups -OCH3 is 1. The van der Waals surface area contributed by atoms with Crippen molar-refractivity contribution in [3.63, 3.8) is 0 Å². The predicted molar refractivity (Wildman–Crippen MR) is 123 cm³/mol. The molecule has 0 amide bonds. The molecule has 6 nitrogen and oxygen atoms in total. The largest absolute Gasteiger partial charge is 0.481 e. The van der Waals surface area contributed by atoms with Crippen LogP contribution in [0.2, 0.25) is 0 Å². The van der Waals surface area contributed by atoms with E-state index in [1.54, 1.807) is 24.1 Å². The van der Waals surface area contributed by atoms with Crippen molar-refractivity contribution < 1.29 is 14.6 Å². The molecular formula is C26H31N3O3. The molecule has 1 aliphatic carbocycles. The topological polar surface area (TPSA) is 77.2 Å². The molecule has 1 aromatic carbocycles. The quantitative estimate of drug-likeness (QED) is 0.491. The summed E-state index contributed by atoms with van der Waals surface area (Å²) < 4.78 is 6.85. The summed E-state index contributed by atoms with van der Waals surface area (Å²) in [5, 5.41) is 14.1. The molecule has 0 aliphatic heterocycles. The van der Waals surface area contributed by atoms with E-state index in [0.29, 0.717) is 5.88 Å². The lowest BCUT2D eigenvalue weighted by Gasteiger charge is -2.16. The molecule has 0 saturated heterocycles. The van der Waals surface area contributed by atoms with Gasteiger partial charge in [-0.05, 0) is 79.3 Å². The second kappa shape index (κ2) is 10.4. The summed E-state index contributed by atoms with van der Waals surface area (Å²) >= 11 is 0. The number of fused-ring (bicyclic) bond motifs is 1. The lowest BCUT2D eigenvalue weighted by atomic mass is 9.97. The predicted octanol–water partition coefficient (Wildman–Crippen LogP) is 4.80. The molecule has 0 spiro atoms. The Hall–Kier alpha value is -3.15. The standard InChI is InChI=1S/C26H31N3O3/c1-32-25-13-12-22(18-27-25)24(17-26(30)31)29-15-14-23(28-29)9-5-6-19-10-11-20-7-3-2-4-8-21(20)16-19/h10-16,18,24H,2-9,17H2,1H3,(H,30,31). The summed E-state index contributed by atoms with van der Waals surface area (Å²) in [5.41, 5.74) is 6.25. The molecule has 2 aromatic heterocycles. The molecular weight excluding hydrogens is 402 g/mol. The number of aliphatic carboxylic acids is 1. The minimum Gasteiger partial charge on any atom is -0.481 e. The summed E-state index contributed by atoms with van der Waals surface area (Å²) in [4.78, 5) is 15.7. The van der Waals surface area contributed by atoms with Gasteiger partial charge in [0, 0.05) is 18.5 Å². The number of nitrogens with zero attached hydrogens (tertiary/aromatic N) is 3. The van der Waals surface area contributed by atoms with Crippen molar-refractivity contribution in [3.05, 3.63) is 76.7 Å². The molecule has 2 heterocycles. The van der Waals surface area contributed by atoms with Crippen LogP contribution >= 0.6 is 0 Å². The Morgan fingerprint density at radius 1 is 1.09 bits per heavy atom. The summed E-state index contributed by atoms with van der Waals surface area (Å²) in [6, 6.07) is 12.2. The number of benzene rings is 1. The monoisotopic (exact) mass is 433 g/mol. The second-order valence-electron chi connectivity index (χ2n) is 8.55. The van der Waals surface area contributed by atoms with Crippen LogP contribution in [0.1, 0.15) is 66.1 Å². The van der Waals surface area contributed by atoms with Crippen LogP contribution in [-0.4, -0.2) is 33.0 Å². The lowest BCUT2D eigenvalue weighted by molar-refractivity contribution is -0.137. The van der Waals surface area contributed by atoms with E-state index in [2.05, 4.69) is 23.2 Å². The van der Waals surface area contributed by atoms with Crippen LogP contribution in [0, 0.1) is 0 Å². The third-order valence-corrected chi connectivity index (χ3v) is 6.27. The van der Waals surface area contributed by atoms with Crippen LogP contribution in [-0.2, 0) is 30.5 Å². The Morgan fingerprint density at radius 3 is 2.69 bits per heavy atom. The van der Waals surface area contributed by atoms with Crippen LogP contribution in [0.4, 0.5) is 0 Å². The number of pyridine rings is 1. The van der Waals surface area contributed by atoms with Crippen molar-refractivity contribution in [1.82, 2.24) is 14.8 Å². The molecule has 32 heavy (non-hydrogen) atoms. The zero-order valence-corrected chi connectivity index (χ0v) is 18.7. The average Bonchev–Trinajstić information content (AvgIpc) is 3.14. The number of aromatic nitrogens is 3. The van der Waals surface area contributed by atoms with Crippen molar-refractivity contribution in [3.8, 4) is 5.88 Å². The first-order valence-corrected chi connectivity index (χ1v) is 11.5. The maximum atomic E-state index is 11.5. The van der Waals surface area contributed by atoms with Gasteiger partial charge in [0.2, 0.25) is 5.88 Å². The Balaban J connectivity index is 1.39. The molecule has 0 radical (unpaired) electrons. The molecule has 1 atom stereocenters. The second-order valence-corrected chi connectivity index (χ2v) is 8.55. The minimum atomic E-state index is -0.869. The summed E-state index contributed by atoms with van der Waals surface area (Å²) in [6.07, 6.45) is 12.8. The SMILES string of the molecule is COc1ccc(C(CC(=O)O)n2ccc(CCCc3ccc4c(c3)CCCCC4)n2)cn1. The van der Waals surface area contributed by atoms with Crippen LogP contribution in [0.15, 0.2) is 48.8 Å². The highest BCUT2D eigenvalue weighted by molar-refractivity contribution is 5.68. The van der Waals surface area contributed by atoms with Gasteiger partial charge in [0.05, 0.1) is 25.3 Å². The van der Waals surface area contributed by atoms with E-state index >= 15 is 0 Å². The molecule has 0 fully saturated rings. The third-order valence-electron chi connectivity index (χ3n) is 6.27. The van der Waals surface area contributed by atoms with Gasteiger partial charge < -0.3 is 9.84 Å². The van der Waals surface area contributed by atoms with Gasteiger partial charge in [-0.1, -0.05) is 24.6 Å². The Labute approximate surface area is 189 Å². The Morgan fingerprint density at radius 2 is 1.94 bits per heavy atom. The van der Waals surface area contributed by atoms with Gasteiger partial charge >= 0.3 is 5.97 Å². The molecule has 0 bridgehead atoms. The van der Waals surface area contributed by atoms with E-state index in [4.69, 9.17) is 9.84 Å². The van der Waals surface area contributed by atoms with Gasteiger partial charge in [-0.15, -0.1) is 0 Å². The van der Waals surface area contributed by atoms with Crippen molar-refractivity contribution in [1.29, 1.82) is 0 Å². The number of carboxylic acid groups (broad SMARTS) is 1. The van der Waals surface area contributed by atoms with Crippen LogP contribution in [0.3, 0.4) is 0 Å². The lowest BCUT2D eigenvalue weighted by Crippen LogP contribution is -2.16. The van der Waals surface area contributed by atoms with Crippen molar-refractivity contribution in [2.45, 2.75) is 63.8 Å². The molecule has 168 valence electrons. The highest BCUT2D eigenvalue weighted by atomic mass is 16.5. The van der Waals surface area contributed by atoms with E-state index < -0.39 is 12.0 Å². The highest BCUT2D eigenvalue weighted by Gasteiger charge is 2.19. The van der Waals surface area contributed by atoms with Crippen LogP contribution < -0.4 is 4.74 Å². The zero-order valence-electron chi connectivity index (χ0n) is 18.7. The van der Waals surface area contributed by atoms with E-state index in [-0.39, 0.29) is 6.42 Å².